The maximum absolute atomic E-state index is 5.95. The Morgan fingerprint density at radius 1 is 0.567 bits per heavy atom. The number of unbranched alkanes of at least 4 members (excludes halogenated alkanes) is 5. The van der Waals surface area contributed by atoms with Crippen molar-refractivity contribution in [2.24, 2.45) is 0 Å². The average molecular weight is 429 g/mol. The second-order valence-electron chi connectivity index (χ2n) is 8.83. The number of hydroxylamine groups is 2. The van der Waals surface area contributed by atoms with Gasteiger partial charge in [0, 0.05) is 79.2 Å². The molecule has 0 bridgehead atoms. The summed E-state index contributed by atoms with van der Waals surface area (Å²) in [6, 6.07) is 0. The van der Waals surface area contributed by atoms with E-state index >= 15 is 0 Å². The van der Waals surface area contributed by atoms with E-state index in [2.05, 4.69) is 26.8 Å². The summed E-state index contributed by atoms with van der Waals surface area (Å²) in [5, 5.41) is 2.16. The zero-order valence-corrected chi connectivity index (χ0v) is 19.9. The molecule has 7 nitrogen and oxygen atoms in total. The molecule has 2 heterocycles. The highest BCUT2D eigenvalue weighted by atomic mass is 16.7. The van der Waals surface area contributed by atoms with Crippen molar-refractivity contribution >= 4 is 0 Å². The van der Waals surface area contributed by atoms with Crippen LogP contribution >= 0.6 is 0 Å². The van der Waals surface area contributed by atoms with E-state index in [1.807, 2.05) is 0 Å². The second kappa shape index (κ2) is 17.3. The summed E-state index contributed by atoms with van der Waals surface area (Å²) in [5.41, 5.74) is 0. The highest BCUT2D eigenvalue weighted by molar-refractivity contribution is 4.69. The molecule has 2 rings (SSSR count). The van der Waals surface area contributed by atoms with Gasteiger partial charge in [0.2, 0.25) is 0 Å². The summed E-state index contributed by atoms with van der Waals surface area (Å²) in [7, 11) is 3.99. The molecule has 2 aliphatic rings. The highest BCUT2D eigenvalue weighted by Gasteiger charge is 2.16. The number of nitrogens with zero attached hydrogens (tertiary/aromatic N) is 4. The number of hydrogen-bond donors (Lipinski definition) is 0. The van der Waals surface area contributed by atoms with Crippen molar-refractivity contribution in [1.82, 2.24) is 19.8 Å². The van der Waals surface area contributed by atoms with Crippen molar-refractivity contribution in [3.63, 3.8) is 0 Å². The maximum atomic E-state index is 5.95. The maximum Gasteiger partial charge on any atom is 0.0685 e. The van der Waals surface area contributed by atoms with Crippen LogP contribution in [0.4, 0.5) is 0 Å². The smallest absolute Gasteiger partial charge is 0.0685 e. The van der Waals surface area contributed by atoms with E-state index in [4.69, 9.17) is 14.3 Å². The van der Waals surface area contributed by atoms with Gasteiger partial charge in [0.25, 0.3) is 0 Å². The van der Waals surface area contributed by atoms with Crippen molar-refractivity contribution < 1.29 is 14.3 Å². The van der Waals surface area contributed by atoms with Gasteiger partial charge in [0.1, 0.15) is 0 Å². The van der Waals surface area contributed by atoms with Crippen LogP contribution in [0.15, 0.2) is 0 Å². The lowest BCUT2D eigenvalue weighted by Gasteiger charge is -2.33. The largest absolute Gasteiger partial charge is 0.385 e. The van der Waals surface area contributed by atoms with Gasteiger partial charge in [0.05, 0.1) is 13.2 Å². The first kappa shape index (κ1) is 26.0. The van der Waals surface area contributed by atoms with Crippen LogP contribution in [0.2, 0.25) is 0 Å². The quantitative estimate of drug-likeness (QED) is 0.329. The summed E-state index contributed by atoms with van der Waals surface area (Å²) in [4.78, 5) is 13.4. The molecule has 0 aliphatic carbocycles. The van der Waals surface area contributed by atoms with Crippen molar-refractivity contribution in [1.29, 1.82) is 0 Å². The number of likely N-dealkylation sites (N-methyl/N-ethyl adjacent to an activating group) is 1. The van der Waals surface area contributed by atoms with Crippen LogP contribution in [0.3, 0.4) is 0 Å². The second-order valence-corrected chi connectivity index (χ2v) is 8.83. The Balaban J connectivity index is 1.32. The molecule has 2 fully saturated rings. The monoisotopic (exact) mass is 428 g/mol. The third kappa shape index (κ3) is 12.5. The van der Waals surface area contributed by atoms with E-state index in [9.17, 15) is 0 Å². The number of methoxy groups -OCH3 is 1. The fraction of sp³-hybridized carbons (Fsp3) is 1.00. The number of hydrogen-bond acceptors (Lipinski definition) is 7. The Labute approximate surface area is 185 Å². The van der Waals surface area contributed by atoms with E-state index in [1.165, 1.54) is 64.8 Å². The van der Waals surface area contributed by atoms with E-state index < -0.39 is 0 Å². The van der Waals surface area contributed by atoms with Gasteiger partial charge in [-0.2, -0.15) is 5.06 Å². The zero-order chi connectivity index (χ0) is 21.3. The summed E-state index contributed by atoms with van der Waals surface area (Å²) in [6.07, 6.45) is 8.68. The molecular weight excluding hydrogens is 380 g/mol. The summed E-state index contributed by atoms with van der Waals surface area (Å²) < 4.78 is 10.9. The van der Waals surface area contributed by atoms with Crippen LogP contribution in [0.1, 0.15) is 44.9 Å². The van der Waals surface area contributed by atoms with Crippen LogP contribution < -0.4 is 0 Å². The average Bonchev–Trinajstić information content (AvgIpc) is 2.77. The molecule has 0 unspecified atom stereocenters. The van der Waals surface area contributed by atoms with Gasteiger partial charge in [-0.25, -0.2) is 0 Å². The Kier molecular flexibility index (Phi) is 15.0. The molecule has 2 saturated heterocycles. The molecule has 0 spiro atoms. The Hall–Kier alpha value is -0.280. The van der Waals surface area contributed by atoms with Gasteiger partial charge in [-0.3, -0.25) is 9.74 Å². The molecule has 0 N–H and O–H groups in total. The first-order valence-corrected chi connectivity index (χ1v) is 12.4. The van der Waals surface area contributed by atoms with Gasteiger partial charge in [-0.05, 0) is 39.3 Å². The van der Waals surface area contributed by atoms with Crippen molar-refractivity contribution in [3.8, 4) is 0 Å². The van der Waals surface area contributed by atoms with Crippen molar-refractivity contribution in [2.75, 3.05) is 106 Å². The first-order valence-electron chi connectivity index (χ1n) is 12.4. The topological polar surface area (TPSA) is 40.7 Å². The lowest BCUT2D eigenvalue weighted by atomic mass is 10.1. The molecule has 7 heteroatoms. The van der Waals surface area contributed by atoms with Gasteiger partial charge < -0.3 is 19.3 Å². The van der Waals surface area contributed by atoms with Crippen LogP contribution in [-0.2, 0) is 14.3 Å². The standard InChI is InChI=1S/C23H48N4O3/c1-24-11-13-26(14-12-24)19-23-29-21-8-9-22-30-27-17-15-25(16-18-27)10-6-4-3-5-7-20-28-2/h3-23H2,1-2H3. The molecule has 2 aliphatic heterocycles. The predicted octanol–water partition coefficient (Wildman–Crippen LogP) is 2.18. The molecule has 0 aromatic heterocycles. The molecule has 0 amide bonds. The predicted molar refractivity (Wildman–Crippen MR) is 123 cm³/mol. The van der Waals surface area contributed by atoms with Crippen LogP contribution in [-0.4, -0.2) is 126 Å². The molecule has 0 aromatic rings. The van der Waals surface area contributed by atoms with Crippen LogP contribution in [0.25, 0.3) is 0 Å². The number of piperazine rings is 2. The van der Waals surface area contributed by atoms with Crippen LogP contribution in [0.5, 0.6) is 0 Å². The SMILES string of the molecule is COCCCCCCCN1CCN(OCCCCOCCN2CCN(C)CC2)CC1. The first-order chi connectivity index (χ1) is 14.8. The normalized spacial score (nSPS) is 20.2. The fourth-order valence-electron chi connectivity index (χ4n) is 4.06. The Bertz CT molecular complexity index is 387. The lowest BCUT2D eigenvalue weighted by Crippen LogP contribution is -2.46. The van der Waals surface area contributed by atoms with Gasteiger partial charge in [0.15, 0.2) is 0 Å². The third-order valence-corrected chi connectivity index (χ3v) is 6.26. The van der Waals surface area contributed by atoms with Crippen LogP contribution in [0, 0.1) is 0 Å². The van der Waals surface area contributed by atoms with E-state index in [-0.39, 0.29) is 0 Å². The Morgan fingerprint density at radius 2 is 1.17 bits per heavy atom. The molecule has 178 valence electrons. The van der Waals surface area contributed by atoms with Gasteiger partial charge in [-0.15, -0.1) is 0 Å². The minimum absolute atomic E-state index is 0.823. The fourth-order valence-corrected chi connectivity index (χ4v) is 4.06. The summed E-state index contributed by atoms with van der Waals surface area (Å²) in [6.45, 7) is 14.8. The minimum atomic E-state index is 0.823. The highest BCUT2D eigenvalue weighted by Crippen LogP contribution is 2.08. The number of ether oxygens (including phenoxy) is 2. The lowest BCUT2D eigenvalue weighted by molar-refractivity contribution is -0.177. The molecule has 0 radical (unpaired) electrons. The summed E-state index contributed by atoms with van der Waals surface area (Å²) >= 11 is 0. The minimum Gasteiger partial charge on any atom is -0.385 e. The molecule has 0 aromatic carbocycles. The van der Waals surface area contributed by atoms with E-state index in [0.29, 0.717) is 0 Å². The Morgan fingerprint density at radius 3 is 1.93 bits per heavy atom. The number of rotatable bonds is 17. The zero-order valence-electron chi connectivity index (χ0n) is 19.9. The summed E-state index contributed by atoms with van der Waals surface area (Å²) in [5.74, 6) is 0. The van der Waals surface area contributed by atoms with Gasteiger partial charge in [-0.1, -0.05) is 19.3 Å². The van der Waals surface area contributed by atoms with Crippen molar-refractivity contribution in [2.45, 2.75) is 44.9 Å². The van der Waals surface area contributed by atoms with E-state index in [1.54, 1.807) is 7.11 Å². The van der Waals surface area contributed by atoms with Gasteiger partial charge >= 0.3 is 0 Å². The third-order valence-electron chi connectivity index (χ3n) is 6.26. The van der Waals surface area contributed by atoms with E-state index in [0.717, 1.165) is 72.0 Å². The molecule has 30 heavy (non-hydrogen) atoms. The molecule has 0 atom stereocenters. The molecular formula is C23H48N4O3. The molecule has 0 saturated carbocycles. The van der Waals surface area contributed by atoms with Crippen molar-refractivity contribution in [3.05, 3.63) is 0 Å².